The SMILES string of the molecule is CCC(C)n1ccc(COc2ccc(C)cc2CBr)n1. The van der Waals surface area contributed by atoms with Gasteiger partial charge in [-0.2, -0.15) is 5.10 Å². The van der Waals surface area contributed by atoms with Crippen LogP contribution in [-0.2, 0) is 11.9 Å². The molecule has 2 aromatic rings. The number of benzene rings is 1. The van der Waals surface area contributed by atoms with Crippen LogP contribution in [0.1, 0.15) is 43.1 Å². The second-order valence-corrected chi connectivity index (χ2v) is 5.64. The molecule has 0 amide bonds. The first-order valence-corrected chi connectivity index (χ1v) is 8.08. The van der Waals surface area contributed by atoms with Crippen molar-refractivity contribution in [3.05, 3.63) is 47.3 Å². The molecule has 1 aromatic heterocycles. The van der Waals surface area contributed by atoms with E-state index in [2.05, 4.69) is 53.9 Å². The molecule has 0 fully saturated rings. The van der Waals surface area contributed by atoms with Crippen molar-refractivity contribution in [3.63, 3.8) is 0 Å². The summed E-state index contributed by atoms with van der Waals surface area (Å²) in [4.78, 5) is 0. The van der Waals surface area contributed by atoms with Gasteiger partial charge in [-0.25, -0.2) is 0 Å². The minimum Gasteiger partial charge on any atom is -0.487 e. The normalized spacial score (nSPS) is 12.4. The molecular weight excluding hydrogens is 316 g/mol. The zero-order valence-electron chi connectivity index (χ0n) is 12.3. The predicted octanol–water partition coefficient (Wildman–Crippen LogP) is 4.64. The maximum atomic E-state index is 5.89. The summed E-state index contributed by atoms with van der Waals surface area (Å²) in [7, 11) is 0. The van der Waals surface area contributed by atoms with Gasteiger partial charge in [0.2, 0.25) is 0 Å². The molecule has 1 atom stereocenters. The van der Waals surface area contributed by atoms with Gasteiger partial charge in [0.25, 0.3) is 0 Å². The summed E-state index contributed by atoms with van der Waals surface area (Å²) in [6.07, 6.45) is 3.10. The average Bonchev–Trinajstić information content (AvgIpc) is 2.93. The number of aromatic nitrogens is 2. The van der Waals surface area contributed by atoms with Crippen LogP contribution in [0.5, 0.6) is 5.75 Å². The molecule has 1 aromatic carbocycles. The van der Waals surface area contributed by atoms with Crippen LogP contribution in [0.3, 0.4) is 0 Å². The van der Waals surface area contributed by atoms with E-state index in [4.69, 9.17) is 4.74 Å². The lowest BCUT2D eigenvalue weighted by Crippen LogP contribution is -2.06. The van der Waals surface area contributed by atoms with Crippen molar-refractivity contribution in [1.29, 1.82) is 0 Å². The summed E-state index contributed by atoms with van der Waals surface area (Å²) >= 11 is 3.50. The fourth-order valence-electron chi connectivity index (χ4n) is 1.99. The third-order valence-electron chi connectivity index (χ3n) is 3.44. The number of alkyl halides is 1. The molecule has 0 radical (unpaired) electrons. The highest BCUT2D eigenvalue weighted by atomic mass is 79.9. The Morgan fingerprint density at radius 1 is 1.35 bits per heavy atom. The highest BCUT2D eigenvalue weighted by Gasteiger charge is 2.07. The van der Waals surface area contributed by atoms with Crippen molar-refractivity contribution in [2.75, 3.05) is 0 Å². The van der Waals surface area contributed by atoms with Gasteiger partial charge in [-0.3, -0.25) is 4.68 Å². The van der Waals surface area contributed by atoms with Crippen LogP contribution in [0.2, 0.25) is 0 Å². The summed E-state index contributed by atoms with van der Waals surface area (Å²) in [6, 6.07) is 8.69. The standard InChI is InChI=1S/C16H21BrN2O/c1-4-13(3)19-8-7-15(18-19)11-20-16-6-5-12(2)9-14(16)10-17/h5-9,13H,4,10-11H2,1-3H3. The van der Waals surface area contributed by atoms with E-state index < -0.39 is 0 Å². The molecule has 4 heteroatoms. The fourth-order valence-corrected chi connectivity index (χ4v) is 2.43. The number of aryl methyl sites for hydroxylation is 1. The van der Waals surface area contributed by atoms with E-state index in [-0.39, 0.29) is 0 Å². The van der Waals surface area contributed by atoms with Crippen LogP contribution in [0.25, 0.3) is 0 Å². The minimum absolute atomic E-state index is 0.432. The Balaban J connectivity index is 2.03. The zero-order chi connectivity index (χ0) is 14.5. The quantitative estimate of drug-likeness (QED) is 0.718. The number of hydrogen-bond donors (Lipinski definition) is 0. The van der Waals surface area contributed by atoms with Crippen molar-refractivity contribution in [1.82, 2.24) is 9.78 Å². The summed E-state index contributed by atoms with van der Waals surface area (Å²) in [5.74, 6) is 0.922. The lowest BCUT2D eigenvalue weighted by molar-refractivity contribution is 0.296. The van der Waals surface area contributed by atoms with E-state index in [1.54, 1.807) is 0 Å². The molecule has 0 N–H and O–H groups in total. The Morgan fingerprint density at radius 2 is 2.15 bits per heavy atom. The lowest BCUT2D eigenvalue weighted by Gasteiger charge is -2.10. The van der Waals surface area contributed by atoms with Gasteiger partial charge < -0.3 is 4.74 Å². The van der Waals surface area contributed by atoms with Gasteiger partial charge in [-0.05, 0) is 32.4 Å². The molecule has 3 nitrogen and oxygen atoms in total. The van der Waals surface area contributed by atoms with Crippen LogP contribution in [0.15, 0.2) is 30.5 Å². The Morgan fingerprint density at radius 3 is 2.85 bits per heavy atom. The summed E-state index contributed by atoms with van der Waals surface area (Å²) < 4.78 is 7.89. The van der Waals surface area contributed by atoms with E-state index in [0.29, 0.717) is 12.6 Å². The minimum atomic E-state index is 0.432. The summed E-state index contributed by atoms with van der Waals surface area (Å²) in [5.41, 5.74) is 3.38. The molecule has 108 valence electrons. The van der Waals surface area contributed by atoms with E-state index in [9.17, 15) is 0 Å². The van der Waals surface area contributed by atoms with Crippen molar-refractivity contribution < 1.29 is 4.74 Å². The van der Waals surface area contributed by atoms with Gasteiger partial charge in [0.15, 0.2) is 0 Å². The number of hydrogen-bond acceptors (Lipinski definition) is 2. The van der Waals surface area contributed by atoms with Crippen molar-refractivity contribution >= 4 is 15.9 Å². The Bertz CT molecular complexity index is 565. The Labute approximate surface area is 129 Å². The topological polar surface area (TPSA) is 27.1 Å². The molecule has 0 bridgehead atoms. The maximum absolute atomic E-state index is 5.89. The smallest absolute Gasteiger partial charge is 0.132 e. The van der Waals surface area contributed by atoms with Crippen LogP contribution >= 0.6 is 15.9 Å². The highest BCUT2D eigenvalue weighted by Crippen LogP contribution is 2.23. The monoisotopic (exact) mass is 336 g/mol. The van der Waals surface area contributed by atoms with Crippen LogP contribution in [-0.4, -0.2) is 9.78 Å². The lowest BCUT2D eigenvalue weighted by atomic mass is 10.1. The van der Waals surface area contributed by atoms with Crippen LogP contribution < -0.4 is 4.74 Å². The molecule has 0 aliphatic carbocycles. The second kappa shape index (κ2) is 6.93. The predicted molar refractivity (Wildman–Crippen MR) is 85.4 cm³/mol. The molecule has 0 aliphatic heterocycles. The van der Waals surface area contributed by atoms with Crippen molar-refractivity contribution in [3.8, 4) is 5.75 Å². The van der Waals surface area contributed by atoms with Gasteiger partial charge in [0, 0.05) is 23.1 Å². The summed E-state index contributed by atoms with van der Waals surface area (Å²) in [6.45, 7) is 6.92. The highest BCUT2D eigenvalue weighted by molar-refractivity contribution is 9.08. The average molecular weight is 337 g/mol. The van der Waals surface area contributed by atoms with Crippen LogP contribution in [0.4, 0.5) is 0 Å². The first-order valence-electron chi connectivity index (χ1n) is 6.96. The van der Waals surface area contributed by atoms with Gasteiger partial charge in [0.05, 0.1) is 5.69 Å². The third-order valence-corrected chi connectivity index (χ3v) is 4.05. The van der Waals surface area contributed by atoms with E-state index in [1.165, 1.54) is 11.1 Å². The fraction of sp³-hybridized carbons (Fsp3) is 0.438. The second-order valence-electron chi connectivity index (χ2n) is 5.08. The molecule has 1 heterocycles. The molecule has 0 saturated heterocycles. The number of nitrogens with zero attached hydrogens (tertiary/aromatic N) is 2. The molecule has 0 saturated carbocycles. The number of halogens is 1. The van der Waals surface area contributed by atoms with E-state index in [1.807, 2.05) is 23.0 Å². The number of rotatable bonds is 6. The Hall–Kier alpha value is -1.29. The van der Waals surface area contributed by atoms with Crippen molar-refractivity contribution in [2.45, 2.75) is 45.2 Å². The molecule has 20 heavy (non-hydrogen) atoms. The van der Waals surface area contributed by atoms with Crippen molar-refractivity contribution in [2.24, 2.45) is 0 Å². The molecule has 0 spiro atoms. The first kappa shape index (κ1) is 15.1. The molecule has 1 unspecified atom stereocenters. The van der Waals surface area contributed by atoms with Gasteiger partial charge in [0.1, 0.15) is 12.4 Å². The summed E-state index contributed by atoms with van der Waals surface area (Å²) in [5, 5.41) is 5.35. The zero-order valence-corrected chi connectivity index (χ0v) is 13.9. The molecular formula is C16H21BrN2O. The maximum Gasteiger partial charge on any atom is 0.132 e. The van der Waals surface area contributed by atoms with E-state index in [0.717, 1.165) is 23.2 Å². The number of ether oxygens (including phenoxy) is 1. The molecule has 0 aliphatic rings. The molecule has 2 rings (SSSR count). The Kier molecular flexibility index (Phi) is 5.24. The van der Waals surface area contributed by atoms with Gasteiger partial charge in [-0.1, -0.05) is 40.5 Å². The van der Waals surface area contributed by atoms with Crippen LogP contribution in [0, 0.1) is 6.92 Å². The van der Waals surface area contributed by atoms with E-state index >= 15 is 0 Å². The first-order chi connectivity index (χ1) is 9.63. The largest absolute Gasteiger partial charge is 0.487 e. The van der Waals surface area contributed by atoms with Gasteiger partial charge in [-0.15, -0.1) is 0 Å². The third kappa shape index (κ3) is 3.63. The van der Waals surface area contributed by atoms with Gasteiger partial charge >= 0.3 is 0 Å².